The van der Waals surface area contributed by atoms with Crippen LogP contribution in [-0.4, -0.2) is 33.5 Å². The summed E-state index contributed by atoms with van der Waals surface area (Å²) in [6.45, 7) is 7.62. The highest BCUT2D eigenvalue weighted by molar-refractivity contribution is 5.46. The first kappa shape index (κ1) is 16.1. The van der Waals surface area contributed by atoms with Crippen LogP contribution < -0.4 is 14.8 Å². The average molecular weight is 293 g/mol. The zero-order valence-electron chi connectivity index (χ0n) is 13.4. The Morgan fingerprint density at radius 3 is 2.67 bits per heavy atom. The molecule has 4 heteroatoms. The maximum Gasteiger partial charge on any atom is 0.127 e. The summed E-state index contributed by atoms with van der Waals surface area (Å²) in [6.07, 6.45) is 2.17. The van der Waals surface area contributed by atoms with Crippen molar-refractivity contribution in [3.63, 3.8) is 0 Å². The van der Waals surface area contributed by atoms with Crippen LogP contribution >= 0.6 is 0 Å². The molecule has 0 aromatic heterocycles. The Bertz CT molecular complexity index is 430. The monoisotopic (exact) mass is 293 g/mol. The summed E-state index contributed by atoms with van der Waals surface area (Å²) < 4.78 is 17.0. The lowest BCUT2D eigenvalue weighted by Gasteiger charge is -2.24. The molecule has 1 fully saturated rings. The molecule has 1 atom stereocenters. The number of nitrogens with one attached hydrogen (secondary N) is 1. The van der Waals surface area contributed by atoms with Gasteiger partial charge in [-0.25, -0.2) is 0 Å². The maximum atomic E-state index is 6.11. The van der Waals surface area contributed by atoms with E-state index in [1.807, 2.05) is 18.2 Å². The van der Waals surface area contributed by atoms with Gasteiger partial charge < -0.3 is 19.5 Å². The summed E-state index contributed by atoms with van der Waals surface area (Å²) in [5.41, 5.74) is 1.11. The van der Waals surface area contributed by atoms with Crippen LogP contribution in [0.2, 0.25) is 0 Å². The minimum absolute atomic E-state index is 0.204. The molecular formula is C17H27NO3. The van der Waals surface area contributed by atoms with E-state index >= 15 is 0 Å². The van der Waals surface area contributed by atoms with Crippen LogP contribution in [0.25, 0.3) is 0 Å². The molecule has 1 heterocycles. The third-order valence-electron chi connectivity index (χ3n) is 4.00. The first-order valence-corrected chi connectivity index (χ1v) is 7.87. The molecule has 0 bridgehead atoms. The Labute approximate surface area is 127 Å². The SMILES string of the molecule is CCNC(C)c1c(OC)cccc1OCC1CCOCC1. The van der Waals surface area contributed by atoms with Crippen LogP contribution in [0.1, 0.15) is 38.3 Å². The summed E-state index contributed by atoms with van der Waals surface area (Å²) in [7, 11) is 1.71. The van der Waals surface area contributed by atoms with Crippen molar-refractivity contribution in [2.24, 2.45) is 5.92 Å². The fourth-order valence-electron chi connectivity index (χ4n) is 2.78. The molecule has 0 amide bonds. The number of methoxy groups -OCH3 is 1. The van der Waals surface area contributed by atoms with E-state index in [1.165, 1.54) is 0 Å². The second kappa shape index (κ2) is 8.25. The lowest BCUT2D eigenvalue weighted by Crippen LogP contribution is -2.23. The smallest absolute Gasteiger partial charge is 0.127 e. The Kier molecular flexibility index (Phi) is 6.33. The van der Waals surface area contributed by atoms with Crippen molar-refractivity contribution >= 4 is 0 Å². The van der Waals surface area contributed by atoms with Gasteiger partial charge in [0.1, 0.15) is 11.5 Å². The molecule has 0 saturated carbocycles. The van der Waals surface area contributed by atoms with Crippen molar-refractivity contribution in [3.8, 4) is 11.5 Å². The molecule has 118 valence electrons. The van der Waals surface area contributed by atoms with Gasteiger partial charge in [-0.05, 0) is 44.4 Å². The highest BCUT2D eigenvalue weighted by Gasteiger charge is 2.19. The van der Waals surface area contributed by atoms with Crippen molar-refractivity contribution in [2.45, 2.75) is 32.7 Å². The standard InChI is InChI=1S/C17H27NO3/c1-4-18-13(2)17-15(19-3)6-5-7-16(17)21-12-14-8-10-20-11-9-14/h5-7,13-14,18H,4,8-12H2,1-3H3. The highest BCUT2D eigenvalue weighted by atomic mass is 16.5. The topological polar surface area (TPSA) is 39.7 Å². The Balaban J connectivity index is 2.09. The third-order valence-corrected chi connectivity index (χ3v) is 4.00. The van der Waals surface area contributed by atoms with Crippen LogP contribution in [0.15, 0.2) is 18.2 Å². The second-order valence-electron chi connectivity index (χ2n) is 5.52. The summed E-state index contributed by atoms with van der Waals surface area (Å²) in [5, 5.41) is 3.43. The van der Waals surface area contributed by atoms with Crippen LogP contribution in [0.4, 0.5) is 0 Å². The van der Waals surface area contributed by atoms with Gasteiger partial charge in [0.05, 0.1) is 19.3 Å². The predicted octanol–water partition coefficient (Wildman–Crippen LogP) is 3.17. The molecule has 1 aromatic carbocycles. The molecular weight excluding hydrogens is 266 g/mol. The molecule has 0 radical (unpaired) electrons. The molecule has 1 saturated heterocycles. The Hall–Kier alpha value is -1.26. The maximum absolute atomic E-state index is 6.11. The number of benzene rings is 1. The molecule has 21 heavy (non-hydrogen) atoms. The summed E-state index contributed by atoms with van der Waals surface area (Å²) in [4.78, 5) is 0. The number of hydrogen-bond donors (Lipinski definition) is 1. The molecule has 4 nitrogen and oxygen atoms in total. The van der Waals surface area contributed by atoms with E-state index in [0.29, 0.717) is 5.92 Å². The zero-order chi connectivity index (χ0) is 15.1. The third kappa shape index (κ3) is 4.35. The van der Waals surface area contributed by atoms with Crippen molar-refractivity contribution in [2.75, 3.05) is 33.5 Å². The first-order chi connectivity index (χ1) is 10.3. The van der Waals surface area contributed by atoms with E-state index in [-0.39, 0.29) is 6.04 Å². The van der Waals surface area contributed by atoms with Crippen LogP contribution in [-0.2, 0) is 4.74 Å². The van der Waals surface area contributed by atoms with Gasteiger partial charge in [-0.1, -0.05) is 13.0 Å². The number of rotatable bonds is 7. The molecule has 1 aromatic rings. The highest BCUT2D eigenvalue weighted by Crippen LogP contribution is 2.34. The minimum atomic E-state index is 0.204. The van der Waals surface area contributed by atoms with Gasteiger partial charge in [-0.15, -0.1) is 0 Å². The van der Waals surface area contributed by atoms with Gasteiger partial charge in [-0.3, -0.25) is 0 Å². The van der Waals surface area contributed by atoms with Crippen molar-refractivity contribution in [3.05, 3.63) is 23.8 Å². The Morgan fingerprint density at radius 2 is 2.00 bits per heavy atom. The van der Waals surface area contributed by atoms with Crippen LogP contribution in [0, 0.1) is 5.92 Å². The van der Waals surface area contributed by atoms with Gasteiger partial charge in [0.15, 0.2) is 0 Å². The fourth-order valence-corrected chi connectivity index (χ4v) is 2.78. The van der Waals surface area contributed by atoms with E-state index in [4.69, 9.17) is 14.2 Å². The van der Waals surface area contributed by atoms with E-state index in [0.717, 1.165) is 56.3 Å². The van der Waals surface area contributed by atoms with E-state index in [9.17, 15) is 0 Å². The molecule has 0 aliphatic carbocycles. The van der Waals surface area contributed by atoms with Crippen molar-refractivity contribution < 1.29 is 14.2 Å². The van der Waals surface area contributed by atoms with E-state index in [2.05, 4.69) is 19.2 Å². The summed E-state index contributed by atoms with van der Waals surface area (Å²) >= 11 is 0. The largest absolute Gasteiger partial charge is 0.496 e. The molecule has 1 aliphatic heterocycles. The van der Waals surface area contributed by atoms with Crippen molar-refractivity contribution in [1.82, 2.24) is 5.32 Å². The molecule has 1 N–H and O–H groups in total. The van der Waals surface area contributed by atoms with Crippen LogP contribution in [0.5, 0.6) is 11.5 Å². The van der Waals surface area contributed by atoms with Gasteiger partial charge in [-0.2, -0.15) is 0 Å². The second-order valence-corrected chi connectivity index (χ2v) is 5.52. The first-order valence-electron chi connectivity index (χ1n) is 7.87. The van der Waals surface area contributed by atoms with Crippen molar-refractivity contribution in [1.29, 1.82) is 0 Å². The summed E-state index contributed by atoms with van der Waals surface area (Å²) in [6, 6.07) is 6.21. The van der Waals surface area contributed by atoms with Crippen LogP contribution in [0.3, 0.4) is 0 Å². The van der Waals surface area contributed by atoms with E-state index < -0.39 is 0 Å². The Morgan fingerprint density at radius 1 is 1.29 bits per heavy atom. The number of hydrogen-bond acceptors (Lipinski definition) is 4. The van der Waals surface area contributed by atoms with Gasteiger partial charge in [0.2, 0.25) is 0 Å². The fraction of sp³-hybridized carbons (Fsp3) is 0.647. The van der Waals surface area contributed by atoms with Gasteiger partial charge >= 0.3 is 0 Å². The minimum Gasteiger partial charge on any atom is -0.496 e. The normalized spacial score (nSPS) is 17.5. The lowest BCUT2D eigenvalue weighted by molar-refractivity contribution is 0.0495. The summed E-state index contributed by atoms with van der Waals surface area (Å²) in [5.74, 6) is 2.40. The average Bonchev–Trinajstić information content (AvgIpc) is 2.53. The van der Waals surface area contributed by atoms with Gasteiger partial charge in [0, 0.05) is 19.3 Å². The predicted molar refractivity (Wildman–Crippen MR) is 84.1 cm³/mol. The molecule has 2 rings (SSSR count). The van der Waals surface area contributed by atoms with Gasteiger partial charge in [0.25, 0.3) is 0 Å². The van der Waals surface area contributed by atoms with E-state index in [1.54, 1.807) is 7.11 Å². The lowest BCUT2D eigenvalue weighted by atomic mass is 10.0. The number of ether oxygens (including phenoxy) is 3. The zero-order valence-corrected chi connectivity index (χ0v) is 13.4. The molecule has 0 spiro atoms. The quantitative estimate of drug-likeness (QED) is 0.838. The molecule has 1 aliphatic rings. The molecule has 1 unspecified atom stereocenters.